The van der Waals surface area contributed by atoms with E-state index in [4.69, 9.17) is 27.7 Å². The molecule has 0 radical (unpaired) electrons. The van der Waals surface area contributed by atoms with Crippen LogP contribution < -0.4 is 28.3 Å². The highest BCUT2D eigenvalue weighted by atomic mass is 16.6. The Morgan fingerprint density at radius 1 is 0.964 bits per heavy atom. The van der Waals surface area contributed by atoms with E-state index in [1.165, 1.54) is 4.90 Å². The third-order valence-corrected chi connectivity index (χ3v) is 3.84. The van der Waals surface area contributed by atoms with Gasteiger partial charge in [0.15, 0.2) is 0 Å². The summed E-state index contributed by atoms with van der Waals surface area (Å²) in [6.07, 6.45) is 3.32. The van der Waals surface area contributed by atoms with E-state index in [0.717, 1.165) is 25.7 Å². The standard InChI is InChI=1S/C17H36N6O5/c18-7-3-1-5-10-23(12-15(24)22-9-11-27-16(21)25)17(26)28-13-14(20)6-2-4-8-19/h14H,1-13,18-20H2,(H2,21,25)(H,22,24). The molecule has 0 rings (SSSR count). The van der Waals surface area contributed by atoms with Gasteiger partial charge in [-0.05, 0) is 38.8 Å². The fourth-order valence-electron chi connectivity index (χ4n) is 2.33. The lowest BCUT2D eigenvalue weighted by atomic mass is 10.1. The predicted octanol–water partition coefficient (Wildman–Crippen LogP) is -0.778. The molecule has 0 bridgehead atoms. The molecule has 11 heteroatoms. The molecule has 3 amide bonds. The second-order valence-corrected chi connectivity index (χ2v) is 6.41. The summed E-state index contributed by atoms with van der Waals surface area (Å²) in [5, 5.41) is 2.55. The summed E-state index contributed by atoms with van der Waals surface area (Å²) in [7, 11) is 0. The van der Waals surface area contributed by atoms with Gasteiger partial charge in [-0.1, -0.05) is 12.8 Å². The third-order valence-electron chi connectivity index (χ3n) is 3.84. The summed E-state index contributed by atoms with van der Waals surface area (Å²) in [6.45, 7) is 1.51. The lowest BCUT2D eigenvalue weighted by Gasteiger charge is -2.23. The lowest BCUT2D eigenvalue weighted by Crippen LogP contribution is -2.43. The molecule has 0 saturated carbocycles. The molecule has 9 N–H and O–H groups in total. The zero-order valence-corrected chi connectivity index (χ0v) is 16.6. The van der Waals surface area contributed by atoms with Crippen molar-refractivity contribution in [2.24, 2.45) is 22.9 Å². The van der Waals surface area contributed by atoms with Gasteiger partial charge in [-0.3, -0.25) is 9.69 Å². The fourth-order valence-corrected chi connectivity index (χ4v) is 2.33. The van der Waals surface area contributed by atoms with Crippen LogP contribution in [0.3, 0.4) is 0 Å². The molecule has 164 valence electrons. The van der Waals surface area contributed by atoms with Gasteiger partial charge in [-0.2, -0.15) is 0 Å². The van der Waals surface area contributed by atoms with Gasteiger partial charge in [-0.15, -0.1) is 0 Å². The molecular weight excluding hydrogens is 368 g/mol. The van der Waals surface area contributed by atoms with E-state index >= 15 is 0 Å². The number of amides is 3. The van der Waals surface area contributed by atoms with Gasteiger partial charge in [0.25, 0.3) is 0 Å². The quantitative estimate of drug-likeness (QED) is 0.207. The molecule has 28 heavy (non-hydrogen) atoms. The molecule has 11 nitrogen and oxygen atoms in total. The number of unbranched alkanes of at least 4 members (excludes halogenated alkanes) is 3. The van der Waals surface area contributed by atoms with Crippen LogP contribution in [0.2, 0.25) is 0 Å². The Kier molecular flexibility index (Phi) is 15.7. The van der Waals surface area contributed by atoms with Crippen LogP contribution in [0.25, 0.3) is 0 Å². The molecule has 1 unspecified atom stereocenters. The molecule has 0 aliphatic rings. The van der Waals surface area contributed by atoms with Crippen molar-refractivity contribution in [3.63, 3.8) is 0 Å². The molecule has 0 aliphatic heterocycles. The third kappa shape index (κ3) is 15.0. The van der Waals surface area contributed by atoms with Gasteiger partial charge in [-0.25, -0.2) is 9.59 Å². The number of ether oxygens (including phenoxy) is 2. The van der Waals surface area contributed by atoms with Crippen molar-refractivity contribution in [2.75, 3.05) is 45.9 Å². The van der Waals surface area contributed by atoms with Crippen LogP contribution in [0.1, 0.15) is 38.5 Å². The molecular formula is C17H36N6O5. The topological polar surface area (TPSA) is 189 Å². The molecule has 0 heterocycles. The van der Waals surface area contributed by atoms with Crippen LogP contribution in [0.4, 0.5) is 9.59 Å². The first-order valence-electron chi connectivity index (χ1n) is 9.67. The Morgan fingerprint density at radius 3 is 2.29 bits per heavy atom. The summed E-state index contributed by atoms with van der Waals surface area (Å²) >= 11 is 0. The van der Waals surface area contributed by atoms with E-state index in [1.54, 1.807) is 0 Å². The SMILES string of the molecule is NCCCCCN(CC(=O)NCCOC(N)=O)C(=O)OCC(N)CCCCN. The summed E-state index contributed by atoms with van der Waals surface area (Å²) in [5.74, 6) is -0.393. The maximum absolute atomic E-state index is 12.3. The maximum Gasteiger partial charge on any atom is 0.410 e. The van der Waals surface area contributed by atoms with E-state index in [9.17, 15) is 14.4 Å². The number of nitrogens with zero attached hydrogens (tertiary/aromatic N) is 1. The summed E-state index contributed by atoms with van der Waals surface area (Å²) in [6, 6.07) is -0.269. The Balaban J connectivity index is 4.40. The molecule has 0 aromatic carbocycles. The maximum atomic E-state index is 12.3. The highest BCUT2D eigenvalue weighted by molar-refractivity contribution is 5.82. The number of nitrogens with two attached hydrogens (primary N) is 4. The highest BCUT2D eigenvalue weighted by Gasteiger charge is 2.19. The normalized spacial score (nSPS) is 11.5. The Hall–Kier alpha value is -2.11. The summed E-state index contributed by atoms with van der Waals surface area (Å²) in [5.41, 5.74) is 21.7. The first-order chi connectivity index (χ1) is 13.4. The average Bonchev–Trinajstić information content (AvgIpc) is 2.65. The van der Waals surface area contributed by atoms with Gasteiger partial charge in [0.2, 0.25) is 5.91 Å². The van der Waals surface area contributed by atoms with E-state index in [2.05, 4.69) is 10.1 Å². The zero-order chi connectivity index (χ0) is 21.2. The number of carbonyl (C=O) groups is 3. The number of hydrogen-bond donors (Lipinski definition) is 5. The lowest BCUT2D eigenvalue weighted by molar-refractivity contribution is -0.122. The van der Waals surface area contributed by atoms with Crippen molar-refractivity contribution in [3.05, 3.63) is 0 Å². The molecule has 0 aliphatic carbocycles. The Bertz CT molecular complexity index is 452. The number of primary amides is 1. The van der Waals surface area contributed by atoms with E-state index < -0.39 is 18.1 Å². The van der Waals surface area contributed by atoms with E-state index in [-0.39, 0.29) is 32.3 Å². The van der Waals surface area contributed by atoms with Crippen LogP contribution in [-0.2, 0) is 14.3 Å². The molecule has 0 aromatic rings. The smallest absolute Gasteiger partial charge is 0.410 e. The number of hydrogen-bond acceptors (Lipinski definition) is 8. The van der Waals surface area contributed by atoms with Crippen LogP contribution in [0.5, 0.6) is 0 Å². The number of carbonyl (C=O) groups excluding carboxylic acids is 3. The van der Waals surface area contributed by atoms with Crippen molar-refractivity contribution in [1.29, 1.82) is 0 Å². The highest BCUT2D eigenvalue weighted by Crippen LogP contribution is 2.04. The summed E-state index contributed by atoms with van der Waals surface area (Å²) < 4.78 is 9.78. The fraction of sp³-hybridized carbons (Fsp3) is 0.824. The Morgan fingerprint density at radius 2 is 1.64 bits per heavy atom. The minimum absolute atomic E-state index is 0.0420. The predicted molar refractivity (Wildman–Crippen MR) is 105 cm³/mol. The van der Waals surface area contributed by atoms with Crippen LogP contribution >= 0.6 is 0 Å². The van der Waals surface area contributed by atoms with Crippen molar-refractivity contribution in [3.8, 4) is 0 Å². The summed E-state index contributed by atoms with van der Waals surface area (Å²) in [4.78, 5) is 36.2. The van der Waals surface area contributed by atoms with Gasteiger partial charge in [0, 0.05) is 12.6 Å². The minimum atomic E-state index is -0.915. The zero-order valence-electron chi connectivity index (χ0n) is 16.6. The molecule has 1 atom stereocenters. The average molecular weight is 405 g/mol. The molecule has 0 spiro atoms. The van der Waals surface area contributed by atoms with Gasteiger partial charge >= 0.3 is 12.2 Å². The van der Waals surface area contributed by atoms with Crippen molar-refractivity contribution in [2.45, 2.75) is 44.6 Å². The van der Waals surface area contributed by atoms with E-state index in [0.29, 0.717) is 32.5 Å². The van der Waals surface area contributed by atoms with Crippen LogP contribution in [0, 0.1) is 0 Å². The molecule has 0 saturated heterocycles. The molecule has 0 aromatic heterocycles. The van der Waals surface area contributed by atoms with E-state index in [1.807, 2.05) is 0 Å². The first kappa shape index (κ1) is 25.9. The van der Waals surface area contributed by atoms with Crippen molar-refractivity contribution < 1.29 is 23.9 Å². The minimum Gasteiger partial charge on any atom is -0.448 e. The second kappa shape index (κ2) is 17.0. The molecule has 0 fully saturated rings. The second-order valence-electron chi connectivity index (χ2n) is 6.41. The van der Waals surface area contributed by atoms with Gasteiger partial charge in [0.05, 0.1) is 6.54 Å². The monoisotopic (exact) mass is 404 g/mol. The van der Waals surface area contributed by atoms with Crippen LogP contribution in [0.15, 0.2) is 0 Å². The van der Waals surface area contributed by atoms with Crippen molar-refractivity contribution in [1.82, 2.24) is 10.2 Å². The van der Waals surface area contributed by atoms with Gasteiger partial charge < -0.3 is 37.7 Å². The van der Waals surface area contributed by atoms with Crippen LogP contribution in [-0.4, -0.2) is 75.0 Å². The van der Waals surface area contributed by atoms with Gasteiger partial charge in [0.1, 0.15) is 19.8 Å². The number of nitrogens with one attached hydrogen (secondary N) is 1. The first-order valence-corrected chi connectivity index (χ1v) is 9.67. The Labute approximate surface area is 166 Å². The largest absolute Gasteiger partial charge is 0.448 e. The van der Waals surface area contributed by atoms with Crippen molar-refractivity contribution >= 4 is 18.1 Å². The number of rotatable bonds is 16.